The summed E-state index contributed by atoms with van der Waals surface area (Å²) in [5.74, 6) is 0.0104. The summed E-state index contributed by atoms with van der Waals surface area (Å²) in [6.07, 6.45) is 0. The minimum atomic E-state index is -0.558. The molecule has 0 spiro atoms. The van der Waals surface area contributed by atoms with Crippen LogP contribution in [0, 0.1) is 10.1 Å². The minimum absolute atomic E-state index is 0.00520. The van der Waals surface area contributed by atoms with E-state index in [1.165, 1.54) is 30.6 Å². The Labute approximate surface area is 172 Å². The Bertz CT molecular complexity index is 894. The zero-order valence-electron chi connectivity index (χ0n) is 16.2. The molecule has 154 valence electrons. The number of rotatable bonds is 6. The van der Waals surface area contributed by atoms with Crippen LogP contribution in [-0.2, 0) is 4.79 Å². The third-order valence-electron chi connectivity index (χ3n) is 4.92. The lowest BCUT2D eigenvalue weighted by Gasteiger charge is -2.37. The van der Waals surface area contributed by atoms with Gasteiger partial charge in [0.2, 0.25) is 5.91 Å². The lowest BCUT2D eigenvalue weighted by molar-refractivity contribution is -0.384. The molecule has 2 heterocycles. The predicted octanol–water partition coefficient (Wildman–Crippen LogP) is 2.45. The third kappa shape index (κ3) is 4.72. The molecule has 0 unspecified atom stereocenters. The number of nitro groups is 1. The summed E-state index contributed by atoms with van der Waals surface area (Å²) >= 11 is 1.41. The lowest BCUT2D eigenvalue weighted by Crippen LogP contribution is -2.54. The third-order valence-corrected chi connectivity index (χ3v) is 5.78. The molecule has 1 fully saturated rings. The van der Waals surface area contributed by atoms with Crippen LogP contribution in [0.1, 0.15) is 16.6 Å². The van der Waals surface area contributed by atoms with Crippen LogP contribution in [0.2, 0.25) is 0 Å². The molecule has 0 bridgehead atoms. The van der Waals surface area contributed by atoms with E-state index in [1.54, 1.807) is 24.0 Å². The molecular weight excluding hydrogens is 396 g/mol. The first-order chi connectivity index (χ1) is 13.9. The van der Waals surface area contributed by atoms with Gasteiger partial charge in [0.25, 0.3) is 11.6 Å². The number of methoxy groups -OCH3 is 1. The van der Waals surface area contributed by atoms with Crippen LogP contribution in [0.15, 0.2) is 35.7 Å². The van der Waals surface area contributed by atoms with Gasteiger partial charge in [-0.05, 0) is 30.5 Å². The highest BCUT2D eigenvalue weighted by atomic mass is 32.1. The first-order valence-electron chi connectivity index (χ1n) is 9.11. The Kier molecular flexibility index (Phi) is 6.45. The molecule has 29 heavy (non-hydrogen) atoms. The molecule has 1 saturated heterocycles. The van der Waals surface area contributed by atoms with E-state index in [0.717, 1.165) is 0 Å². The van der Waals surface area contributed by atoms with Gasteiger partial charge in [0.15, 0.2) is 0 Å². The number of piperazine rings is 1. The van der Waals surface area contributed by atoms with Crippen LogP contribution in [0.3, 0.4) is 0 Å². The number of nitrogens with one attached hydrogen (secondary N) is 1. The summed E-state index contributed by atoms with van der Waals surface area (Å²) in [5.41, 5.74) is -0.101. The molecule has 10 heteroatoms. The molecule has 1 aliphatic heterocycles. The summed E-state index contributed by atoms with van der Waals surface area (Å²) < 4.78 is 5.01. The number of hydrogen-bond donors (Lipinski definition) is 1. The maximum absolute atomic E-state index is 12.7. The number of nitrogens with zero attached hydrogens (tertiary/aromatic N) is 3. The molecular formula is C19H22N4O5S. The van der Waals surface area contributed by atoms with Crippen molar-refractivity contribution in [2.24, 2.45) is 0 Å². The van der Waals surface area contributed by atoms with Gasteiger partial charge in [0.1, 0.15) is 11.4 Å². The normalized spacial score (nSPS) is 15.6. The van der Waals surface area contributed by atoms with Crippen LogP contribution < -0.4 is 10.1 Å². The van der Waals surface area contributed by atoms with Gasteiger partial charge < -0.3 is 15.0 Å². The maximum Gasteiger partial charge on any atom is 0.296 e. The smallest absolute Gasteiger partial charge is 0.296 e. The van der Waals surface area contributed by atoms with Gasteiger partial charge in [-0.1, -0.05) is 6.07 Å². The standard InChI is InChI=1S/C19H22N4O5S/c1-13(18(24)20-15-6-5-14(28-2)12-16(15)23(26)27)21-7-9-22(10-8-21)19(25)17-4-3-11-29-17/h3-6,11-13H,7-10H2,1-2H3,(H,20,24)/t13-/m0/s1. The van der Waals surface area contributed by atoms with E-state index in [9.17, 15) is 19.7 Å². The van der Waals surface area contributed by atoms with Gasteiger partial charge in [-0.2, -0.15) is 0 Å². The number of benzene rings is 1. The average molecular weight is 418 g/mol. The Morgan fingerprint density at radius 3 is 2.55 bits per heavy atom. The molecule has 9 nitrogen and oxygen atoms in total. The van der Waals surface area contributed by atoms with Gasteiger partial charge in [0.05, 0.1) is 29.0 Å². The fraction of sp³-hybridized carbons (Fsp3) is 0.368. The van der Waals surface area contributed by atoms with Gasteiger partial charge >= 0.3 is 0 Å². The number of ether oxygens (including phenoxy) is 1. The van der Waals surface area contributed by atoms with Gasteiger partial charge in [-0.3, -0.25) is 24.6 Å². The van der Waals surface area contributed by atoms with E-state index in [0.29, 0.717) is 36.8 Å². The van der Waals surface area contributed by atoms with Gasteiger partial charge in [0, 0.05) is 26.2 Å². The Morgan fingerprint density at radius 1 is 1.24 bits per heavy atom. The van der Waals surface area contributed by atoms with E-state index in [4.69, 9.17) is 4.74 Å². The highest BCUT2D eigenvalue weighted by molar-refractivity contribution is 7.12. The summed E-state index contributed by atoms with van der Waals surface area (Å²) in [6.45, 7) is 3.91. The maximum atomic E-state index is 12.7. The number of anilines is 1. The highest BCUT2D eigenvalue weighted by Crippen LogP contribution is 2.29. The lowest BCUT2D eigenvalue weighted by atomic mass is 10.2. The first-order valence-corrected chi connectivity index (χ1v) is 9.98. The zero-order valence-corrected chi connectivity index (χ0v) is 17.0. The van der Waals surface area contributed by atoms with Crippen molar-refractivity contribution in [3.8, 4) is 5.75 Å². The summed E-state index contributed by atoms with van der Waals surface area (Å²) in [7, 11) is 1.42. The molecule has 2 amide bonds. The number of carbonyl (C=O) groups excluding carboxylic acids is 2. The van der Waals surface area contributed by atoms with Crippen molar-refractivity contribution >= 4 is 34.5 Å². The molecule has 0 aliphatic carbocycles. The highest BCUT2D eigenvalue weighted by Gasteiger charge is 2.29. The average Bonchev–Trinajstić information content (AvgIpc) is 3.27. The molecule has 1 N–H and O–H groups in total. The topological polar surface area (TPSA) is 105 Å². The Balaban J connectivity index is 1.60. The van der Waals surface area contributed by atoms with Crippen molar-refractivity contribution < 1.29 is 19.2 Å². The molecule has 1 aromatic heterocycles. The van der Waals surface area contributed by atoms with Crippen LogP contribution >= 0.6 is 11.3 Å². The van der Waals surface area contributed by atoms with E-state index in [1.807, 2.05) is 16.3 Å². The van der Waals surface area contributed by atoms with Crippen molar-refractivity contribution in [2.75, 3.05) is 38.6 Å². The quantitative estimate of drug-likeness (QED) is 0.571. The van der Waals surface area contributed by atoms with Crippen LogP contribution in [-0.4, -0.2) is 65.9 Å². The molecule has 0 saturated carbocycles. The number of carbonyl (C=O) groups is 2. The van der Waals surface area contributed by atoms with E-state index in [-0.39, 0.29) is 23.2 Å². The molecule has 2 aromatic rings. The van der Waals surface area contributed by atoms with E-state index < -0.39 is 11.0 Å². The minimum Gasteiger partial charge on any atom is -0.496 e. The predicted molar refractivity (Wildman–Crippen MR) is 110 cm³/mol. The largest absolute Gasteiger partial charge is 0.496 e. The Morgan fingerprint density at radius 2 is 1.97 bits per heavy atom. The fourth-order valence-electron chi connectivity index (χ4n) is 3.17. The molecule has 1 aromatic carbocycles. The first kappa shape index (κ1) is 20.7. The summed E-state index contributed by atoms with van der Waals surface area (Å²) in [6, 6.07) is 7.45. The molecule has 1 atom stereocenters. The van der Waals surface area contributed by atoms with Crippen molar-refractivity contribution in [1.82, 2.24) is 9.80 Å². The molecule has 1 aliphatic rings. The van der Waals surface area contributed by atoms with Crippen LogP contribution in [0.5, 0.6) is 5.75 Å². The summed E-state index contributed by atoms with van der Waals surface area (Å²) in [4.78, 5) is 40.3. The molecule has 0 radical (unpaired) electrons. The second kappa shape index (κ2) is 9.01. The number of hydrogen-bond acceptors (Lipinski definition) is 7. The molecule has 3 rings (SSSR count). The van der Waals surface area contributed by atoms with Crippen molar-refractivity contribution in [1.29, 1.82) is 0 Å². The van der Waals surface area contributed by atoms with Crippen LogP contribution in [0.25, 0.3) is 0 Å². The summed E-state index contributed by atoms with van der Waals surface area (Å²) in [5, 5.41) is 15.8. The monoisotopic (exact) mass is 418 g/mol. The fourth-order valence-corrected chi connectivity index (χ4v) is 3.86. The van der Waals surface area contributed by atoms with Gasteiger partial charge in [-0.15, -0.1) is 11.3 Å². The van der Waals surface area contributed by atoms with Crippen molar-refractivity contribution in [3.05, 3.63) is 50.7 Å². The second-order valence-corrected chi connectivity index (χ2v) is 7.56. The number of thiophene rings is 1. The van der Waals surface area contributed by atoms with E-state index in [2.05, 4.69) is 5.32 Å². The SMILES string of the molecule is COc1ccc(NC(=O)[C@H](C)N2CCN(C(=O)c3cccs3)CC2)c([N+](=O)[O-])c1. The number of nitro benzene ring substituents is 1. The van der Waals surface area contributed by atoms with Gasteiger partial charge in [-0.25, -0.2) is 0 Å². The van der Waals surface area contributed by atoms with Crippen LogP contribution in [0.4, 0.5) is 11.4 Å². The van der Waals surface area contributed by atoms with E-state index >= 15 is 0 Å². The van der Waals surface area contributed by atoms with Crippen molar-refractivity contribution in [3.63, 3.8) is 0 Å². The Hall–Kier alpha value is -2.98. The second-order valence-electron chi connectivity index (χ2n) is 6.61. The zero-order chi connectivity index (χ0) is 21.0. The van der Waals surface area contributed by atoms with Crippen molar-refractivity contribution in [2.45, 2.75) is 13.0 Å². The number of amides is 2.